The van der Waals surface area contributed by atoms with E-state index in [2.05, 4.69) is 14.9 Å². The van der Waals surface area contributed by atoms with E-state index in [1.165, 1.54) is 11.5 Å². The van der Waals surface area contributed by atoms with Gasteiger partial charge in [0, 0.05) is 25.6 Å². The van der Waals surface area contributed by atoms with E-state index in [-0.39, 0.29) is 0 Å². The molecule has 0 radical (unpaired) electrons. The number of aliphatic hydroxyl groups excluding tert-OH is 1. The summed E-state index contributed by atoms with van der Waals surface area (Å²) in [4.78, 5) is 0. The van der Waals surface area contributed by atoms with Crippen molar-refractivity contribution >= 4 is 11.5 Å². The van der Waals surface area contributed by atoms with E-state index in [4.69, 9.17) is 4.74 Å². The van der Waals surface area contributed by atoms with Crippen LogP contribution >= 0.6 is 11.5 Å². The molecule has 1 unspecified atom stereocenters. The third kappa shape index (κ3) is 4.28. The predicted molar refractivity (Wildman–Crippen MR) is 49.5 cm³/mol. The minimum Gasteiger partial charge on any atom is -0.389 e. The minimum atomic E-state index is -0.461. The Balaban J connectivity index is 2.07. The van der Waals surface area contributed by atoms with Crippen molar-refractivity contribution in [1.82, 2.24) is 14.9 Å². The molecule has 0 aromatic carbocycles. The van der Waals surface area contributed by atoms with Gasteiger partial charge in [0.25, 0.3) is 0 Å². The van der Waals surface area contributed by atoms with Crippen LogP contribution in [-0.2, 0) is 11.3 Å². The van der Waals surface area contributed by atoms with Crippen LogP contribution in [0.15, 0.2) is 5.38 Å². The molecular formula is C7H13N3O2S. The SMILES string of the molecule is COCC(O)CNCc1csnn1. The Kier molecular flexibility index (Phi) is 4.84. The maximum atomic E-state index is 9.26. The number of hydrogen-bond acceptors (Lipinski definition) is 6. The number of hydrogen-bond donors (Lipinski definition) is 2. The average Bonchev–Trinajstić information content (AvgIpc) is 2.57. The van der Waals surface area contributed by atoms with Gasteiger partial charge in [-0.3, -0.25) is 0 Å². The first-order valence-corrected chi connectivity index (χ1v) is 4.80. The maximum absolute atomic E-state index is 9.26. The Labute approximate surface area is 80.9 Å². The van der Waals surface area contributed by atoms with Crippen molar-refractivity contribution in [3.8, 4) is 0 Å². The molecule has 0 bridgehead atoms. The van der Waals surface area contributed by atoms with Gasteiger partial charge < -0.3 is 15.2 Å². The van der Waals surface area contributed by atoms with E-state index < -0.39 is 6.10 Å². The zero-order valence-corrected chi connectivity index (χ0v) is 8.25. The molecule has 74 valence electrons. The first-order valence-electron chi connectivity index (χ1n) is 3.96. The number of rotatable bonds is 6. The number of aromatic nitrogens is 2. The quantitative estimate of drug-likeness (QED) is 0.660. The molecule has 0 fully saturated rings. The fraction of sp³-hybridized carbons (Fsp3) is 0.714. The normalized spacial score (nSPS) is 13.1. The lowest BCUT2D eigenvalue weighted by atomic mass is 10.3. The number of ether oxygens (including phenoxy) is 1. The number of aliphatic hydroxyl groups is 1. The molecule has 0 spiro atoms. The topological polar surface area (TPSA) is 67.3 Å². The molecule has 1 atom stereocenters. The van der Waals surface area contributed by atoms with Crippen LogP contribution in [0.1, 0.15) is 5.69 Å². The Morgan fingerprint density at radius 2 is 2.62 bits per heavy atom. The summed E-state index contributed by atoms with van der Waals surface area (Å²) < 4.78 is 8.50. The largest absolute Gasteiger partial charge is 0.389 e. The molecule has 0 aliphatic rings. The highest BCUT2D eigenvalue weighted by atomic mass is 32.1. The van der Waals surface area contributed by atoms with Crippen LogP contribution in [0.25, 0.3) is 0 Å². The van der Waals surface area contributed by atoms with Gasteiger partial charge in [-0.25, -0.2) is 0 Å². The van der Waals surface area contributed by atoms with Gasteiger partial charge in [0.15, 0.2) is 0 Å². The van der Waals surface area contributed by atoms with Crippen LogP contribution in [0, 0.1) is 0 Å². The van der Waals surface area contributed by atoms with Crippen molar-refractivity contribution in [3.63, 3.8) is 0 Å². The Morgan fingerprint density at radius 1 is 1.77 bits per heavy atom. The molecule has 0 amide bonds. The zero-order valence-electron chi connectivity index (χ0n) is 7.43. The van der Waals surface area contributed by atoms with E-state index in [1.807, 2.05) is 5.38 Å². The third-order valence-electron chi connectivity index (χ3n) is 1.45. The molecule has 2 N–H and O–H groups in total. The van der Waals surface area contributed by atoms with Gasteiger partial charge in [0.05, 0.1) is 18.4 Å². The standard InChI is InChI=1S/C7H13N3O2S/c1-12-4-7(11)3-8-2-6-5-13-10-9-6/h5,7-8,11H,2-4H2,1H3. The van der Waals surface area contributed by atoms with Crippen molar-refractivity contribution in [2.45, 2.75) is 12.6 Å². The van der Waals surface area contributed by atoms with Crippen LogP contribution in [-0.4, -0.2) is 41.1 Å². The van der Waals surface area contributed by atoms with Crippen molar-refractivity contribution in [2.75, 3.05) is 20.3 Å². The Bertz CT molecular complexity index is 218. The van der Waals surface area contributed by atoms with E-state index in [1.54, 1.807) is 7.11 Å². The van der Waals surface area contributed by atoms with Crippen molar-refractivity contribution in [1.29, 1.82) is 0 Å². The zero-order chi connectivity index (χ0) is 9.52. The minimum absolute atomic E-state index is 0.350. The predicted octanol–water partition coefficient (Wildman–Crippen LogP) is -0.365. The summed E-state index contributed by atoms with van der Waals surface area (Å²) >= 11 is 1.32. The van der Waals surface area contributed by atoms with E-state index in [0.717, 1.165) is 5.69 Å². The number of nitrogens with one attached hydrogen (secondary N) is 1. The summed E-state index contributed by atoms with van der Waals surface area (Å²) in [6, 6.07) is 0. The van der Waals surface area contributed by atoms with E-state index >= 15 is 0 Å². The Morgan fingerprint density at radius 3 is 3.23 bits per heavy atom. The van der Waals surface area contributed by atoms with Gasteiger partial charge in [-0.1, -0.05) is 4.49 Å². The van der Waals surface area contributed by atoms with Gasteiger partial charge >= 0.3 is 0 Å². The van der Waals surface area contributed by atoms with Crippen LogP contribution in [0.5, 0.6) is 0 Å². The summed E-state index contributed by atoms with van der Waals surface area (Å²) in [5.41, 5.74) is 0.898. The molecule has 5 nitrogen and oxygen atoms in total. The van der Waals surface area contributed by atoms with E-state index in [9.17, 15) is 5.11 Å². The molecule has 0 aliphatic carbocycles. The van der Waals surface area contributed by atoms with Crippen LogP contribution < -0.4 is 5.32 Å². The molecule has 1 aromatic heterocycles. The monoisotopic (exact) mass is 203 g/mol. The lowest BCUT2D eigenvalue weighted by molar-refractivity contribution is 0.0643. The first-order chi connectivity index (χ1) is 6.33. The molecular weight excluding hydrogens is 190 g/mol. The highest BCUT2D eigenvalue weighted by Crippen LogP contribution is 1.95. The second-order valence-corrected chi connectivity index (χ2v) is 3.25. The number of methoxy groups -OCH3 is 1. The van der Waals surface area contributed by atoms with Crippen molar-refractivity contribution < 1.29 is 9.84 Å². The molecule has 0 aliphatic heterocycles. The first kappa shape index (κ1) is 10.5. The highest BCUT2D eigenvalue weighted by Gasteiger charge is 2.02. The Hall–Kier alpha value is -0.560. The fourth-order valence-electron chi connectivity index (χ4n) is 0.879. The molecule has 1 heterocycles. The van der Waals surface area contributed by atoms with Crippen LogP contribution in [0.2, 0.25) is 0 Å². The second-order valence-electron chi connectivity index (χ2n) is 2.64. The van der Waals surface area contributed by atoms with Gasteiger partial charge in [0.1, 0.15) is 0 Å². The van der Waals surface area contributed by atoms with E-state index in [0.29, 0.717) is 19.7 Å². The molecule has 0 saturated carbocycles. The summed E-state index contributed by atoms with van der Waals surface area (Å²) in [6.45, 7) is 1.49. The smallest absolute Gasteiger partial charge is 0.0897 e. The summed E-state index contributed by atoms with van der Waals surface area (Å²) in [6.07, 6.45) is -0.461. The fourth-order valence-corrected chi connectivity index (χ4v) is 1.33. The average molecular weight is 203 g/mol. The lowest BCUT2D eigenvalue weighted by Crippen LogP contribution is -2.29. The molecule has 13 heavy (non-hydrogen) atoms. The van der Waals surface area contributed by atoms with Crippen molar-refractivity contribution in [3.05, 3.63) is 11.1 Å². The summed E-state index contributed by atoms with van der Waals surface area (Å²) in [5, 5.41) is 18.0. The third-order valence-corrected chi connectivity index (χ3v) is 2.00. The lowest BCUT2D eigenvalue weighted by Gasteiger charge is -2.09. The summed E-state index contributed by atoms with van der Waals surface area (Å²) in [7, 11) is 1.56. The van der Waals surface area contributed by atoms with Crippen molar-refractivity contribution in [2.24, 2.45) is 0 Å². The summed E-state index contributed by atoms with van der Waals surface area (Å²) in [5.74, 6) is 0. The van der Waals surface area contributed by atoms with Crippen LogP contribution in [0.3, 0.4) is 0 Å². The molecule has 1 rings (SSSR count). The van der Waals surface area contributed by atoms with Gasteiger partial charge in [-0.05, 0) is 11.5 Å². The highest BCUT2D eigenvalue weighted by molar-refractivity contribution is 7.03. The maximum Gasteiger partial charge on any atom is 0.0897 e. The molecule has 6 heteroatoms. The van der Waals surface area contributed by atoms with Gasteiger partial charge in [0.2, 0.25) is 0 Å². The van der Waals surface area contributed by atoms with Crippen LogP contribution in [0.4, 0.5) is 0 Å². The van der Waals surface area contributed by atoms with Gasteiger partial charge in [-0.15, -0.1) is 5.10 Å². The second kappa shape index (κ2) is 5.98. The number of nitrogens with zero attached hydrogens (tertiary/aromatic N) is 2. The van der Waals surface area contributed by atoms with Gasteiger partial charge in [-0.2, -0.15) is 0 Å². The molecule has 1 aromatic rings. The molecule has 0 saturated heterocycles.